The fourth-order valence-corrected chi connectivity index (χ4v) is 2.67. The predicted molar refractivity (Wildman–Crippen MR) is 64.1 cm³/mol. The third-order valence-corrected chi connectivity index (χ3v) is 3.58. The molecule has 1 aromatic rings. The van der Waals surface area contributed by atoms with Crippen LogP contribution >= 0.6 is 11.8 Å². The van der Waals surface area contributed by atoms with E-state index in [0.29, 0.717) is 11.5 Å². The van der Waals surface area contributed by atoms with Gasteiger partial charge in [-0.1, -0.05) is 0 Å². The Bertz CT molecular complexity index is 418. The molecule has 1 unspecified atom stereocenters. The number of nitrogens with zero attached hydrogens (tertiary/aromatic N) is 1. The first-order valence-corrected chi connectivity index (χ1v) is 6.38. The van der Waals surface area contributed by atoms with E-state index in [0.717, 1.165) is 17.9 Å². The second-order valence-corrected chi connectivity index (χ2v) is 4.78. The van der Waals surface area contributed by atoms with Crippen LogP contribution in [0, 0.1) is 0 Å². The van der Waals surface area contributed by atoms with E-state index in [-0.39, 0.29) is 11.8 Å². The molecule has 1 aliphatic heterocycles. The molecule has 0 spiro atoms. The molecule has 1 aliphatic rings. The minimum absolute atomic E-state index is 0.0357. The van der Waals surface area contributed by atoms with Crippen molar-refractivity contribution >= 4 is 17.7 Å². The van der Waals surface area contributed by atoms with Crippen molar-refractivity contribution in [1.29, 1.82) is 0 Å². The van der Waals surface area contributed by atoms with Crippen LogP contribution in [0.25, 0.3) is 0 Å². The van der Waals surface area contributed by atoms with Gasteiger partial charge in [0.1, 0.15) is 6.10 Å². The number of carboxylic acids is 1. The highest BCUT2D eigenvalue weighted by Crippen LogP contribution is 2.30. The molecule has 1 fully saturated rings. The summed E-state index contributed by atoms with van der Waals surface area (Å²) < 4.78 is 10.8. The van der Waals surface area contributed by atoms with E-state index in [1.54, 1.807) is 0 Å². The second kappa shape index (κ2) is 5.27. The van der Waals surface area contributed by atoms with Crippen molar-refractivity contribution in [3.05, 3.63) is 18.0 Å². The Balaban J connectivity index is 2.21. The molecule has 0 bridgehead atoms. The standard InChI is InChI=1S/C11H13NO4S/c1-15-10-5-12-8(11(13)14)4-9(10)16-7-2-3-17-6-7/h4-5,7H,2-3,6H2,1H3,(H,13,14). The minimum Gasteiger partial charge on any atom is -0.491 e. The van der Waals surface area contributed by atoms with Gasteiger partial charge in [0.2, 0.25) is 0 Å². The number of aromatic nitrogens is 1. The van der Waals surface area contributed by atoms with Crippen LogP contribution in [0.3, 0.4) is 0 Å². The number of carbonyl (C=O) groups is 1. The summed E-state index contributed by atoms with van der Waals surface area (Å²) >= 11 is 1.83. The topological polar surface area (TPSA) is 68.7 Å². The van der Waals surface area contributed by atoms with E-state index in [1.807, 2.05) is 11.8 Å². The maximum atomic E-state index is 10.8. The smallest absolute Gasteiger partial charge is 0.354 e. The number of hydrogen-bond donors (Lipinski definition) is 1. The Morgan fingerprint density at radius 3 is 3.00 bits per heavy atom. The van der Waals surface area contributed by atoms with Crippen LogP contribution in [-0.2, 0) is 0 Å². The molecule has 1 N–H and O–H groups in total. The number of methoxy groups -OCH3 is 1. The van der Waals surface area contributed by atoms with Gasteiger partial charge in [0.25, 0.3) is 0 Å². The van der Waals surface area contributed by atoms with Gasteiger partial charge in [-0.3, -0.25) is 0 Å². The zero-order valence-electron chi connectivity index (χ0n) is 9.38. The van der Waals surface area contributed by atoms with Crippen molar-refractivity contribution in [2.75, 3.05) is 18.6 Å². The molecule has 0 saturated carbocycles. The second-order valence-electron chi connectivity index (χ2n) is 3.63. The van der Waals surface area contributed by atoms with Crippen LogP contribution in [0.5, 0.6) is 11.5 Å². The van der Waals surface area contributed by atoms with Crippen LogP contribution in [0.2, 0.25) is 0 Å². The van der Waals surface area contributed by atoms with E-state index < -0.39 is 5.97 Å². The summed E-state index contributed by atoms with van der Waals surface area (Å²) in [4.78, 5) is 14.6. The SMILES string of the molecule is COc1cnc(C(=O)O)cc1OC1CCSC1. The third-order valence-electron chi connectivity index (χ3n) is 2.45. The van der Waals surface area contributed by atoms with Crippen LogP contribution in [-0.4, -0.2) is 40.8 Å². The lowest BCUT2D eigenvalue weighted by Crippen LogP contribution is -2.16. The number of aromatic carboxylic acids is 1. The molecule has 5 nitrogen and oxygen atoms in total. The van der Waals surface area contributed by atoms with Crippen LogP contribution in [0.1, 0.15) is 16.9 Å². The monoisotopic (exact) mass is 255 g/mol. The highest BCUT2D eigenvalue weighted by molar-refractivity contribution is 7.99. The molecule has 92 valence electrons. The molecule has 2 heterocycles. The quantitative estimate of drug-likeness (QED) is 0.882. The fraction of sp³-hybridized carbons (Fsp3) is 0.455. The number of ether oxygens (including phenoxy) is 2. The maximum Gasteiger partial charge on any atom is 0.354 e. The Kier molecular flexibility index (Phi) is 3.73. The number of carboxylic acid groups (broad SMARTS) is 1. The van der Waals surface area contributed by atoms with Crippen molar-refractivity contribution in [3.63, 3.8) is 0 Å². The molecule has 1 aromatic heterocycles. The zero-order valence-corrected chi connectivity index (χ0v) is 10.2. The van der Waals surface area contributed by atoms with Crippen LogP contribution < -0.4 is 9.47 Å². The first-order valence-electron chi connectivity index (χ1n) is 5.22. The molecular weight excluding hydrogens is 242 g/mol. The summed E-state index contributed by atoms with van der Waals surface area (Å²) in [5, 5.41) is 8.87. The van der Waals surface area contributed by atoms with E-state index in [1.165, 1.54) is 19.4 Å². The maximum absolute atomic E-state index is 10.8. The van der Waals surface area contributed by atoms with E-state index in [4.69, 9.17) is 14.6 Å². The van der Waals surface area contributed by atoms with E-state index in [2.05, 4.69) is 4.98 Å². The Labute approximate surface area is 103 Å². The molecule has 0 aromatic carbocycles. The molecular formula is C11H13NO4S. The average molecular weight is 255 g/mol. The number of rotatable bonds is 4. The Morgan fingerprint density at radius 2 is 2.41 bits per heavy atom. The van der Waals surface area contributed by atoms with E-state index >= 15 is 0 Å². The molecule has 0 radical (unpaired) electrons. The summed E-state index contributed by atoms with van der Waals surface area (Å²) in [6, 6.07) is 1.41. The van der Waals surface area contributed by atoms with Crippen LogP contribution in [0.15, 0.2) is 12.3 Å². The van der Waals surface area contributed by atoms with Crippen molar-refractivity contribution < 1.29 is 19.4 Å². The van der Waals surface area contributed by atoms with Crippen molar-refractivity contribution in [2.24, 2.45) is 0 Å². The Hall–Kier alpha value is -1.43. The zero-order chi connectivity index (χ0) is 12.3. The average Bonchev–Trinajstić information content (AvgIpc) is 2.81. The first kappa shape index (κ1) is 12.0. The van der Waals surface area contributed by atoms with Crippen molar-refractivity contribution in [1.82, 2.24) is 4.98 Å². The van der Waals surface area contributed by atoms with Gasteiger partial charge in [-0.05, 0) is 12.2 Å². The molecule has 0 amide bonds. The molecule has 1 saturated heterocycles. The molecule has 0 aliphatic carbocycles. The normalized spacial score (nSPS) is 19.0. The highest BCUT2D eigenvalue weighted by atomic mass is 32.2. The van der Waals surface area contributed by atoms with Gasteiger partial charge in [-0.15, -0.1) is 0 Å². The summed E-state index contributed by atoms with van der Waals surface area (Å²) in [5.74, 6) is 1.84. The van der Waals surface area contributed by atoms with Gasteiger partial charge in [0, 0.05) is 11.8 Å². The lowest BCUT2D eigenvalue weighted by atomic mass is 10.3. The highest BCUT2D eigenvalue weighted by Gasteiger charge is 2.20. The van der Waals surface area contributed by atoms with Gasteiger partial charge in [0.15, 0.2) is 17.2 Å². The fourth-order valence-electron chi connectivity index (χ4n) is 1.57. The van der Waals surface area contributed by atoms with Gasteiger partial charge in [0.05, 0.1) is 13.3 Å². The lowest BCUT2D eigenvalue weighted by molar-refractivity contribution is 0.0689. The van der Waals surface area contributed by atoms with Crippen LogP contribution in [0.4, 0.5) is 0 Å². The molecule has 2 rings (SSSR count). The Morgan fingerprint density at radius 1 is 1.59 bits per heavy atom. The molecule has 17 heavy (non-hydrogen) atoms. The number of pyridine rings is 1. The predicted octanol–water partition coefficient (Wildman–Crippen LogP) is 1.67. The molecule has 1 atom stereocenters. The van der Waals surface area contributed by atoms with Gasteiger partial charge in [-0.25, -0.2) is 9.78 Å². The lowest BCUT2D eigenvalue weighted by Gasteiger charge is -2.15. The molecule has 6 heteroatoms. The van der Waals surface area contributed by atoms with Gasteiger partial charge >= 0.3 is 5.97 Å². The minimum atomic E-state index is -1.07. The van der Waals surface area contributed by atoms with Gasteiger partial charge in [-0.2, -0.15) is 11.8 Å². The summed E-state index contributed by atoms with van der Waals surface area (Å²) in [5.41, 5.74) is -0.0357. The summed E-state index contributed by atoms with van der Waals surface area (Å²) in [6.07, 6.45) is 2.47. The third kappa shape index (κ3) is 2.82. The summed E-state index contributed by atoms with van der Waals surface area (Å²) in [6.45, 7) is 0. The first-order chi connectivity index (χ1) is 8.20. The summed E-state index contributed by atoms with van der Waals surface area (Å²) in [7, 11) is 1.51. The largest absolute Gasteiger partial charge is 0.491 e. The van der Waals surface area contributed by atoms with Gasteiger partial charge < -0.3 is 14.6 Å². The van der Waals surface area contributed by atoms with Crippen molar-refractivity contribution in [3.8, 4) is 11.5 Å². The number of thioether (sulfide) groups is 1. The number of hydrogen-bond acceptors (Lipinski definition) is 5. The van der Waals surface area contributed by atoms with E-state index in [9.17, 15) is 4.79 Å². The van der Waals surface area contributed by atoms with Crippen molar-refractivity contribution in [2.45, 2.75) is 12.5 Å².